The van der Waals surface area contributed by atoms with Crippen molar-refractivity contribution in [2.45, 2.75) is 6.10 Å². The van der Waals surface area contributed by atoms with E-state index in [9.17, 15) is 14.4 Å². The van der Waals surface area contributed by atoms with Crippen molar-refractivity contribution < 1.29 is 19.1 Å². The highest BCUT2D eigenvalue weighted by atomic mass is 16.6. The molecule has 2 heterocycles. The average molecular weight is 380 g/mol. The fourth-order valence-electron chi connectivity index (χ4n) is 2.87. The summed E-state index contributed by atoms with van der Waals surface area (Å²) in [4.78, 5) is 37.0. The van der Waals surface area contributed by atoms with Gasteiger partial charge in [-0.1, -0.05) is 30.3 Å². The van der Waals surface area contributed by atoms with Crippen LogP contribution in [0.2, 0.25) is 0 Å². The van der Waals surface area contributed by atoms with Gasteiger partial charge in [-0.3, -0.25) is 25.2 Å². The monoisotopic (exact) mass is 380 g/mol. The van der Waals surface area contributed by atoms with E-state index >= 15 is 0 Å². The molecule has 0 fully saturated rings. The van der Waals surface area contributed by atoms with Gasteiger partial charge in [0.2, 0.25) is 6.10 Å². The number of benzene rings is 2. The van der Waals surface area contributed by atoms with E-state index in [1.165, 1.54) is 7.05 Å². The largest absolute Gasteiger partial charge is 0.485 e. The molecule has 9 nitrogen and oxygen atoms in total. The average Bonchev–Trinajstić information content (AvgIpc) is 2.74. The van der Waals surface area contributed by atoms with Gasteiger partial charge in [0.1, 0.15) is 6.61 Å². The molecule has 1 aromatic heterocycles. The lowest BCUT2D eigenvalue weighted by atomic mass is 10.1. The van der Waals surface area contributed by atoms with E-state index in [1.54, 1.807) is 48.5 Å². The number of aromatic nitrogens is 2. The molecule has 1 atom stereocenters. The van der Waals surface area contributed by atoms with Crippen molar-refractivity contribution in [3.8, 4) is 11.5 Å². The lowest BCUT2D eigenvalue weighted by Crippen LogP contribution is -2.51. The van der Waals surface area contributed by atoms with Crippen molar-refractivity contribution in [1.29, 1.82) is 0 Å². The summed E-state index contributed by atoms with van der Waals surface area (Å²) in [5.74, 6) is -0.225. The van der Waals surface area contributed by atoms with Gasteiger partial charge >= 0.3 is 0 Å². The minimum atomic E-state index is -0.917. The second-order valence-electron chi connectivity index (χ2n) is 6.13. The summed E-state index contributed by atoms with van der Waals surface area (Å²) in [6.07, 6.45) is -0.917. The number of ether oxygens (including phenoxy) is 2. The second kappa shape index (κ2) is 7.03. The zero-order valence-corrected chi connectivity index (χ0v) is 14.8. The smallest absolute Gasteiger partial charge is 0.290 e. The predicted molar refractivity (Wildman–Crippen MR) is 98.9 cm³/mol. The molecule has 9 heteroatoms. The van der Waals surface area contributed by atoms with Gasteiger partial charge in [-0.05, 0) is 18.2 Å². The molecule has 0 unspecified atom stereocenters. The van der Waals surface area contributed by atoms with Gasteiger partial charge in [0.25, 0.3) is 17.4 Å². The van der Waals surface area contributed by atoms with Gasteiger partial charge in [0.05, 0.1) is 5.39 Å². The number of fused-ring (bicyclic) bond motifs is 2. The van der Waals surface area contributed by atoms with E-state index in [0.717, 1.165) is 4.68 Å². The second-order valence-corrected chi connectivity index (χ2v) is 6.13. The lowest BCUT2D eigenvalue weighted by Gasteiger charge is -2.25. The van der Waals surface area contributed by atoms with Gasteiger partial charge < -0.3 is 9.47 Å². The molecule has 3 aromatic rings. The van der Waals surface area contributed by atoms with E-state index in [-0.39, 0.29) is 17.9 Å². The third-order valence-electron chi connectivity index (χ3n) is 4.27. The summed E-state index contributed by atoms with van der Waals surface area (Å²) >= 11 is 0. The Morgan fingerprint density at radius 3 is 2.50 bits per heavy atom. The predicted octanol–water partition coefficient (Wildman–Crippen LogP) is 0.535. The number of hydrogen-bond donors (Lipinski definition) is 2. The van der Waals surface area contributed by atoms with Gasteiger partial charge in [-0.25, -0.2) is 4.68 Å². The van der Waals surface area contributed by atoms with Crippen LogP contribution >= 0.6 is 0 Å². The highest BCUT2D eigenvalue weighted by molar-refractivity contribution is 6.05. The number of rotatable bonds is 2. The Morgan fingerprint density at radius 1 is 1.04 bits per heavy atom. The van der Waals surface area contributed by atoms with Crippen molar-refractivity contribution in [2.24, 2.45) is 7.05 Å². The molecule has 0 aliphatic carbocycles. The van der Waals surface area contributed by atoms with Crippen LogP contribution in [0, 0.1) is 0 Å². The number of carbonyl (C=O) groups excluding carboxylic acids is 2. The number of nitrogens with one attached hydrogen (secondary N) is 2. The fraction of sp³-hybridized carbons (Fsp3) is 0.158. The number of amides is 2. The molecule has 2 amide bonds. The van der Waals surface area contributed by atoms with E-state index < -0.39 is 17.9 Å². The summed E-state index contributed by atoms with van der Waals surface area (Å²) in [6, 6.07) is 13.6. The maximum Gasteiger partial charge on any atom is 0.290 e. The van der Waals surface area contributed by atoms with Gasteiger partial charge in [0.15, 0.2) is 17.2 Å². The van der Waals surface area contributed by atoms with Crippen LogP contribution in [0.25, 0.3) is 10.8 Å². The summed E-state index contributed by atoms with van der Waals surface area (Å²) in [5.41, 5.74) is 4.32. The lowest BCUT2D eigenvalue weighted by molar-refractivity contribution is -0.131. The zero-order valence-electron chi connectivity index (χ0n) is 14.8. The summed E-state index contributed by atoms with van der Waals surface area (Å²) < 4.78 is 12.2. The highest BCUT2D eigenvalue weighted by Gasteiger charge is 2.28. The molecule has 0 spiro atoms. The Balaban J connectivity index is 1.48. The first-order valence-electron chi connectivity index (χ1n) is 8.49. The molecule has 142 valence electrons. The number of aryl methyl sites for hydroxylation is 1. The number of hydrazine groups is 1. The Morgan fingerprint density at radius 2 is 1.71 bits per heavy atom. The molecular weight excluding hydrogens is 364 g/mol. The Labute approximate surface area is 158 Å². The van der Waals surface area contributed by atoms with Crippen LogP contribution in [0.4, 0.5) is 0 Å². The van der Waals surface area contributed by atoms with Crippen LogP contribution in [0.3, 0.4) is 0 Å². The minimum Gasteiger partial charge on any atom is -0.485 e. The van der Waals surface area contributed by atoms with Crippen molar-refractivity contribution in [2.75, 3.05) is 6.61 Å². The maximum atomic E-state index is 12.5. The zero-order chi connectivity index (χ0) is 19.7. The quantitative estimate of drug-likeness (QED) is 0.628. The Hall–Kier alpha value is -3.88. The van der Waals surface area contributed by atoms with E-state index in [4.69, 9.17) is 9.47 Å². The van der Waals surface area contributed by atoms with Crippen LogP contribution in [-0.4, -0.2) is 34.3 Å². The molecule has 0 saturated carbocycles. The summed E-state index contributed by atoms with van der Waals surface area (Å²) in [7, 11) is 1.45. The summed E-state index contributed by atoms with van der Waals surface area (Å²) in [5, 5.41) is 4.76. The van der Waals surface area contributed by atoms with E-state index in [1.807, 2.05) is 0 Å². The van der Waals surface area contributed by atoms with Crippen LogP contribution in [-0.2, 0) is 11.8 Å². The highest BCUT2D eigenvalue weighted by Crippen LogP contribution is 2.30. The normalized spacial score (nSPS) is 15.1. The molecule has 1 aliphatic rings. The Bertz CT molecular complexity index is 1140. The first kappa shape index (κ1) is 17.5. The van der Waals surface area contributed by atoms with Crippen LogP contribution in [0.15, 0.2) is 53.3 Å². The molecule has 4 rings (SSSR count). The van der Waals surface area contributed by atoms with Crippen molar-refractivity contribution in [3.05, 3.63) is 64.6 Å². The van der Waals surface area contributed by atoms with Crippen LogP contribution in [0.1, 0.15) is 10.5 Å². The third-order valence-corrected chi connectivity index (χ3v) is 4.27. The van der Waals surface area contributed by atoms with Gasteiger partial charge in [-0.15, -0.1) is 0 Å². The molecule has 0 saturated heterocycles. The van der Waals surface area contributed by atoms with Gasteiger partial charge in [-0.2, -0.15) is 5.10 Å². The molecule has 0 bridgehead atoms. The van der Waals surface area contributed by atoms with Gasteiger partial charge in [0, 0.05) is 12.4 Å². The third kappa shape index (κ3) is 3.13. The number of nitrogens with zero attached hydrogens (tertiary/aromatic N) is 2. The number of para-hydroxylation sites is 2. The maximum absolute atomic E-state index is 12.5. The van der Waals surface area contributed by atoms with Crippen molar-refractivity contribution in [1.82, 2.24) is 20.6 Å². The molecule has 28 heavy (non-hydrogen) atoms. The van der Waals surface area contributed by atoms with Crippen LogP contribution < -0.4 is 25.9 Å². The molecule has 0 radical (unpaired) electrons. The topological polar surface area (TPSA) is 112 Å². The van der Waals surface area contributed by atoms with Crippen molar-refractivity contribution in [3.63, 3.8) is 0 Å². The first-order valence-corrected chi connectivity index (χ1v) is 8.49. The molecule has 2 aromatic carbocycles. The van der Waals surface area contributed by atoms with Crippen molar-refractivity contribution >= 4 is 22.6 Å². The van der Waals surface area contributed by atoms with E-state index in [0.29, 0.717) is 22.3 Å². The number of carbonyl (C=O) groups is 2. The fourth-order valence-corrected chi connectivity index (χ4v) is 2.87. The SMILES string of the molecule is Cn1nc(C(=O)NNC(=O)[C@@H]2COc3ccccc3O2)c2ccccc2c1=O. The standard InChI is InChI=1S/C19H16N4O5/c1-23-19(26)12-7-3-2-6-11(12)16(22-23)18(25)21-20-17(24)15-10-27-13-8-4-5-9-14(13)28-15/h2-9,15H,10H2,1H3,(H,20,24)(H,21,25)/t15-/m0/s1. The van der Waals surface area contributed by atoms with E-state index in [2.05, 4.69) is 16.0 Å². The molecule has 2 N–H and O–H groups in total. The minimum absolute atomic E-state index is 0.0136. The summed E-state index contributed by atoms with van der Waals surface area (Å²) in [6.45, 7) is 0.0136. The molecular formula is C19H16N4O5. The van der Waals surface area contributed by atoms with Crippen LogP contribution in [0.5, 0.6) is 11.5 Å². The first-order chi connectivity index (χ1) is 13.5. The Kier molecular flexibility index (Phi) is 4.40. The molecule has 1 aliphatic heterocycles. The number of hydrogen-bond acceptors (Lipinski definition) is 6.